The van der Waals surface area contributed by atoms with Crippen molar-refractivity contribution in [3.63, 3.8) is 0 Å². The molecule has 0 heterocycles. The first-order valence-electron chi connectivity index (χ1n) is 7.59. The van der Waals surface area contributed by atoms with Gasteiger partial charge in [-0.05, 0) is 57.3 Å². The predicted octanol–water partition coefficient (Wildman–Crippen LogP) is 6.25. The van der Waals surface area contributed by atoms with Crippen LogP contribution in [0.2, 0.25) is 0 Å². The second-order valence-corrected chi connectivity index (χ2v) is 6.76. The summed E-state index contributed by atoms with van der Waals surface area (Å²) in [6.45, 7) is 21.2. The molecule has 0 aromatic heterocycles. The summed E-state index contributed by atoms with van der Waals surface area (Å²) >= 11 is 0. The third-order valence-corrected chi connectivity index (χ3v) is 4.67. The maximum Gasteiger partial charge on any atom is -0.00836 e. The molecule has 0 N–H and O–H groups in total. The molecule has 1 saturated carbocycles. The van der Waals surface area contributed by atoms with Gasteiger partial charge in [0.25, 0.3) is 0 Å². The van der Waals surface area contributed by atoms with Gasteiger partial charge in [-0.1, -0.05) is 61.1 Å². The topological polar surface area (TPSA) is 0 Å². The van der Waals surface area contributed by atoms with Gasteiger partial charge >= 0.3 is 0 Å². The van der Waals surface area contributed by atoms with E-state index in [9.17, 15) is 0 Å². The zero-order chi connectivity index (χ0) is 15.3. The standard InChI is InChI=1S/C20H30/c1-8-20(7)13-12-18(14-19(20)16(4)5)17(6)11-9-10-15(2)3/h8-11,18-19H,1,4,6,12-14H2,2-3,5,7H3/b11-9+/t18-,19+,20-/m0/s1. The third-order valence-electron chi connectivity index (χ3n) is 4.67. The van der Waals surface area contributed by atoms with Crippen molar-refractivity contribution in [2.24, 2.45) is 17.3 Å². The highest BCUT2D eigenvalue weighted by atomic mass is 14.4. The Labute approximate surface area is 125 Å². The van der Waals surface area contributed by atoms with E-state index in [1.807, 2.05) is 0 Å². The molecule has 20 heavy (non-hydrogen) atoms. The molecular formula is C20H30. The van der Waals surface area contributed by atoms with Crippen molar-refractivity contribution >= 4 is 0 Å². The molecule has 0 aliphatic heterocycles. The summed E-state index contributed by atoms with van der Waals surface area (Å²) in [4.78, 5) is 0. The van der Waals surface area contributed by atoms with Gasteiger partial charge in [0.1, 0.15) is 0 Å². The minimum absolute atomic E-state index is 0.201. The first-order chi connectivity index (χ1) is 9.30. The van der Waals surface area contributed by atoms with Gasteiger partial charge in [0, 0.05) is 0 Å². The van der Waals surface area contributed by atoms with E-state index in [0.29, 0.717) is 11.8 Å². The SMILES string of the molecule is C=C[C@@]1(C)CC[C@H](C(=C)/C=C/C=C(C)C)C[C@@H]1C(=C)C. The van der Waals surface area contributed by atoms with Crippen LogP contribution in [-0.2, 0) is 0 Å². The highest BCUT2D eigenvalue weighted by Gasteiger charge is 2.38. The lowest BCUT2D eigenvalue weighted by molar-refractivity contribution is 0.171. The molecule has 0 bridgehead atoms. The van der Waals surface area contributed by atoms with Gasteiger partial charge in [-0.2, -0.15) is 0 Å². The van der Waals surface area contributed by atoms with Crippen molar-refractivity contribution in [2.45, 2.75) is 47.0 Å². The van der Waals surface area contributed by atoms with Crippen molar-refractivity contribution in [2.75, 3.05) is 0 Å². The first-order valence-corrected chi connectivity index (χ1v) is 7.59. The Bertz CT molecular complexity index is 443. The van der Waals surface area contributed by atoms with E-state index in [2.05, 4.69) is 71.7 Å². The molecule has 110 valence electrons. The summed E-state index contributed by atoms with van der Waals surface area (Å²) in [6.07, 6.45) is 12.1. The summed E-state index contributed by atoms with van der Waals surface area (Å²) < 4.78 is 0. The molecule has 1 aliphatic carbocycles. The lowest BCUT2D eigenvalue weighted by Gasteiger charge is -2.43. The van der Waals surface area contributed by atoms with Gasteiger partial charge in [0.05, 0.1) is 0 Å². The summed E-state index contributed by atoms with van der Waals surface area (Å²) in [5.74, 6) is 1.10. The second-order valence-electron chi connectivity index (χ2n) is 6.76. The third kappa shape index (κ3) is 4.10. The second kappa shape index (κ2) is 6.92. The van der Waals surface area contributed by atoms with E-state index < -0.39 is 0 Å². The first kappa shape index (κ1) is 16.8. The molecule has 0 spiro atoms. The van der Waals surface area contributed by atoms with Crippen LogP contribution in [0.1, 0.15) is 47.0 Å². The molecule has 0 unspecified atom stereocenters. The van der Waals surface area contributed by atoms with Crippen LogP contribution in [-0.4, -0.2) is 0 Å². The Hall–Kier alpha value is -1.30. The molecule has 0 radical (unpaired) electrons. The smallest absolute Gasteiger partial charge is 0.00836 e. The Kier molecular flexibility index (Phi) is 5.80. The van der Waals surface area contributed by atoms with E-state index in [4.69, 9.17) is 0 Å². The monoisotopic (exact) mass is 270 g/mol. The molecule has 0 saturated heterocycles. The van der Waals surface area contributed by atoms with Gasteiger partial charge < -0.3 is 0 Å². The van der Waals surface area contributed by atoms with Crippen LogP contribution >= 0.6 is 0 Å². The molecule has 0 amide bonds. The molecule has 0 aromatic rings. The van der Waals surface area contributed by atoms with Crippen molar-refractivity contribution in [1.29, 1.82) is 0 Å². The average Bonchev–Trinajstić information content (AvgIpc) is 2.38. The van der Waals surface area contributed by atoms with Gasteiger partial charge in [-0.15, -0.1) is 6.58 Å². The molecule has 3 atom stereocenters. The molecule has 0 heteroatoms. The molecule has 1 aliphatic rings. The zero-order valence-electron chi connectivity index (χ0n) is 13.7. The Balaban J connectivity index is 2.79. The van der Waals surface area contributed by atoms with Crippen LogP contribution in [0.25, 0.3) is 0 Å². The molecule has 0 nitrogen and oxygen atoms in total. The van der Waals surface area contributed by atoms with Crippen LogP contribution in [0, 0.1) is 17.3 Å². The van der Waals surface area contributed by atoms with Gasteiger partial charge in [-0.3, -0.25) is 0 Å². The van der Waals surface area contributed by atoms with Gasteiger partial charge in [0.2, 0.25) is 0 Å². The summed E-state index contributed by atoms with van der Waals surface area (Å²) in [5.41, 5.74) is 4.04. The fraction of sp³-hybridized carbons (Fsp3) is 0.500. The lowest BCUT2D eigenvalue weighted by Crippen LogP contribution is -2.33. The Morgan fingerprint density at radius 3 is 2.35 bits per heavy atom. The Morgan fingerprint density at radius 1 is 1.20 bits per heavy atom. The van der Waals surface area contributed by atoms with Crippen molar-refractivity contribution in [1.82, 2.24) is 0 Å². The van der Waals surface area contributed by atoms with Crippen LogP contribution in [0.15, 0.2) is 60.8 Å². The van der Waals surface area contributed by atoms with Crippen LogP contribution in [0.4, 0.5) is 0 Å². The number of rotatable bonds is 5. The molecular weight excluding hydrogens is 240 g/mol. The van der Waals surface area contributed by atoms with E-state index in [1.54, 1.807) is 0 Å². The summed E-state index contributed by atoms with van der Waals surface area (Å²) in [5, 5.41) is 0. The fourth-order valence-corrected chi connectivity index (χ4v) is 3.18. The van der Waals surface area contributed by atoms with Crippen molar-refractivity contribution in [3.05, 3.63) is 60.8 Å². The quantitative estimate of drug-likeness (QED) is 0.409. The molecule has 1 rings (SSSR count). The number of allylic oxidation sites excluding steroid dienone is 7. The summed E-state index contributed by atoms with van der Waals surface area (Å²) in [6, 6.07) is 0. The molecule has 1 fully saturated rings. The van der Waals surface area contributed by atoms with Crippen LogP contribution < -0.4 is 0 Å². The van der Waals surface area contributed by atoms with E-state index in [-0.39, 0.29) is 5.41 Å². The van der Waals surface area contributed by atoms with Crippen molar-refractivity contribution < 1.29 is 0 Å². The number of hydrogen-bond donors (Lipinski definition) is 0. The number of hydrogen-bond acceptors (Lipinski definition) is 0. The van der Waals surface area contributed by atoms with Crippen LogP contribution in [0.5, 0.6) is 0 Å². The predicted molar refractivity (Wildman–Crippen MR) is 91.7 cm³/mol. The minimum Gasteiger partial charge on any atom is -0.103 e. The maximum atomic E-state index is 4.27. The largest absolute Gasteiger partial charge is 0.103 e. The highest BCUT2D eigenvalue weighted by Crippen LogP contribution is 2.48. The van der Waals surface area contributed by atoms with E-state index in [1.165, 1.54) is 29.6 Å². The van der Waals surface area contributed by atoms with Crippen molar-refractivity contribution in [3.8, 4) is 0 Å². The maximum absolute atomic E-state index is 4.27. The zero-order valence-corrected chi connectivity index (χ0v) is 13.7. The Morgan fingerprint density at radius 2 is 1.85 bits per heavy atom. The average molecular weight is 270 g/mol. The normalized spacial score (nSPS) is 30.0. The molecule has 0 aromatic carbocycles. The highest BCUT2D eigenvalue weighted by molar-refractivity contribution is 5.25. The van der Waals surface area contributed by atoms with Crippen LogP contribution in [0.3, 0.4) is 0 Å². The lowest BCUT2D eigenvalue weighted by atomic mass is 9.61. The summed E-state index contributed by atoms with van der Waals surface area (Å²) in [7, 11) is 0. The van der Waals surface area contributed by atoms with Gasteiger partial charge in [0.15, 0.2) is 0 Å². The van der Waals surface area contributed by atoms with E-state index >= 15 is 0 Å². The van der Waals surface area contributed by atoms with Gasteiger partial charge in [-0.25, -0.2) is 0 Å². The minimum atomic E-state index is 0.201. The fourth-order valence-electron chi connectivity index (χ4n) is 3.18. The van der Waals surface area contributed by atoms with E-state index in [0.717, 1.165) is 6.42 Å².